The second kappa shape index (κ2) is 8.06. The first-order chi connectivity index (χ1) is 13.9. The number of piperazine rings is 1. The number of thiazole rings is 1. The van der Waals surface area contributed by atoms with Crippen molar-refractivity contribution in [2.24, 2.45) is 0 Å². The molecule has 1 saturated heterocycles. The van der Waals surface area contributed by atoms with Crippen LogP contribution in [-0.4, -0.2) is 49.7 Å². The fourth-order valence-electron chi connectivity index (χ4n) is 3.28. The summed E-state index contributed by atoms with van der Waals surface area (Å²) in [5.41, 5.74) is 1.64. The molecule has 0 aliphatic carbocycles. The van der Waals surface area contributed by atoms with Gasteiger partial charge in [-0.15, -0.1) is 0 Å². The van der Waals surface area contributed by atoms with E-state index >= 15 is 0 Å². The molecule has 0 spiro atoms. The van der Waals surface area contributed by atoms with E-state index < -0.39 is 10.0 Å². The Morgan fingerprint density at radius 3 is 2.24 bits per heavy atom. The Bertz CT molecular complexity index is 1100. The minimum absolute atomic E-state index is 0.0825. The zero-order valence-corrected chi connectivity index (χ0v) is 17.6. The van der Waals surface area contributed by atoms with Crippen LogP contribution in [0.5, 0.6) is 0 Å². The summed E-state index contributed by atoms with van der Waals surface area (Å²) in [5, 5.41) is 0.909. The average Bonchev–Trinajstić information content (AvgIpc) is 3.25. The van der Waals surface area contributed by atoms with Gasteiger partial charge < -0.3 is 4.90 Å². The lowest BCUT2D eigenvalue weighted by Gasteiger charge is -2.33. The van der Waals surface area contributed by atoms with E-state index in [1.807, 2.05) is 24.4 Å². The number of nitrogens with zero attached hydrogens (tertiary/aromatic N) is 3. The van der Waals surface area contributed by atoms with E-state index in [-0.39, 0.29) is 10.7 Å². The summed E-state index contributed by atoms with van der Waals surface area (Å²) in [6, 6.07) is 16.2. The molecule has 4 rings (SSSR count). The van der Waals surface area contributed by atoms with Crippen molar-refractivity contribution in [3.63, 3.8) is 0 Å². The number of hydrogen-bond acceptors (Lipinski definition) is 6. The predicted octanol–water partition coefficient (Wildman–Crippen LogP) is 3.52. The first kappa shape index (κ1) is 19.8. The van der Waals surface area contributed by atoms with E-state index in [1.165, 1.54) is 23.4 Å². The Kier molecular flexibility index (Phi) is 5.49. The Hall–Kier alpha value is -2.55. The second-order valence-corrected chi connectivity index (χ2v) is 9.79. The number of sulfonamides is 1. The van der Waals surface area contributed by atoms with Crippen LogP contribution in [0.1, 0.15) is 17.3 Å². The average molecular weight is 428 g/mol. The Labute approximate surface area is 174 Å². The van der Waals surface area contributed by atoms with Gasteiger partial charge in [0.15, 0.2) is 10.9 Å². The van der Waals surface area contributed by atoms with Crippen LogP contribution < -0.4 is 4.90 Å². The van der Waals surface area contributed by atoms with Crippen LogP contribution in [0.15, 0.2) is 65.7 Å². The maximum absolute atomic E-state index is 12.9. The van der Waals surface area contributed by atoms with Gasteiger partial charge in [-0.25, -0.2) is 13.4 Å². The van der Waals surface area contributed by atoms with Gasteiger partial charge in [-0.1, -0.05) is 53.8 Å². The van der Waals surface area contributed by atoms with Crippen LogP contribution in [-0.2, 0) is 10.0 Å². The van der Waals surface area contributed by atoms with Crippen molar-refractivity contribution in [3.8, 4) is 10.4 Å². The third-order valence-electron chi connectivity index (χ3n) is 4.96. The molecule has 150 valence electrons. The SMILES string of the molecule is CC(=O)c1ccc(S(=O)(=O)N2CCN(c3ncc(-c4ccccc4)s3)CC2)cc1. The van der Waals surface area contributed by atoms with Crippen molar-refractivity contribution >= 4 is 32.3 Å². The molecule has 0 radical (unpaired) electrons. The molecule has 0 bridgehead atoms. The smallest absolute Gasteiger partial charge is 0.243 e. The standard InChI is InChI=1S/C21H21N3O3S2/c1-16(25)17-7-9-19(10-8-17)29(26,27)24-13-11-23(12-14-24)21-22-15-20(28-21)18-5-3-2-4-6-18/h2-10,15H,11-14H2,1H3. The molecule has 2 aromatic carbocycles. The van der Waals surface area contributed by atoms with E-state index in [1.54, 1.807) is 23.5 Å². The van der Waals surface area contributed by atoms with E-state index in [0.717, 1.165) is 15.6 Å². The topological polar surface area (TPSA) is 70.6 Å². The van der Waals surface area contributed by atoms with Gasteiger partial charge in [-0.2, -0.15) is 4.31 Å². The predicted molar refractivity (Wildman–Crippen MR) is 115 cm³/mol. The molecule has 2 heterocycles. The Morgan fingerprint density at radius 2 is 1.62 bits per heavy atom. The van der Waals surface area contributed by atoms with Crippen molar-refractivity contribution in [1.82, 2.24) is 9.29 Å². The van der Waals surface area contributed by atoms with Gasteiger partial charge >= 0.3 is 0 Å². The summed E-state index contributed by atoms with van der Waals surface area (Å²) < 4.78 is 27.3. The first-order valence-corrected chi connectivity index (χ1v) is 11.6. The molecule has 6 nitrogen and oxygen atoms in total. The first-order valence-electron chi connectivity index (χ1n) is 9.32. The van der Waals surface area contributed by atoms with Crippen LogP contribution in [0.3, 0.4) is 0 Å². The minimum Gasteiger partial charge on any atom is -0.345 e. The van der Waals surface area contributed by atoms with E-state index in [0.29, 0.717) is 31.7 Å². The van der Waals surface area contributed by atoms with Gasteiger partial charge in [-0.3, -0.25) is 4.79 Å². The summed E-state index contributed by atoms with van der Waals surface area (Å²) in [5.74, 6) is -0.0825. The van der Waals surface area contributed by atoms with Gasteiger partial charge in [0.25, 0.3) is 0 Å². The molecule has 0 amide bonds. The molecule has 3 aromatic rings. The summed E-state index contributed by atoms with van der Waals surface area (Å²) in [6.07, 6.45) is 1.87. The van der Waals surface area contributed by atoms with Crippen LogP contribution in [0.4, 0.5) is 5.13 Å². The zero-order valence-electron chi connectivity index (χ0n) is 16.0. The monoisotopic (exact) mass is 427 g/mol. The van der Waals surface area contributed by atoms with Gasteiger partial charge in [0, 0.05) is 37.9 Å². The van der Waals surface area contributed by atoms with Crippen LogP contribution in [0.25, 0.3) is 10.4 Å². The van der Waals surface area contributed by atoms with E-state index in [2.05, 4.69) is 22.0 Å². The summed E-state index contributed by atoms with van der Waals surface area (Å²) in [6.45, 7) is 3.44. The molecule has 0 unspecified atom stereocenters. The third-order valence-corrected chi connectivity index (χ3v) is 7.98. The Balaban J connectivity index is 1.44. The molecular weight excluding hydrogens is 406 g/mol. The van der Waals surface area contributed by atoms with Crippen molar-refractivity contribution in [2.45, 2.75) is 11.8 Å². The highest BCUT2D eigenvalue weighted by molar-refractivity contribution is 7.89. The highest BCUT2D eigenvalue weighted by Gasteiger charge is 2.29. The lowest BCUT2D eigenvalue weighted by Crippen LogP contribution is -2.48. The van der Waals surface area contributed by atoms with Crippen LogP contribution in [0.2, 0.25) is 0 Å². The van der Waals surface area contributed by atoms with E-state index in [4.69, 9.17) is 0 Å². The lowest BCUT2D eigenvalue weighted by molar-refractivity contribution is 0.101. The van der Waals surface area contributed by atoms with Crippen molar-refractivity contribution in [3.05, 3.63) is 66.4 Å². The molecule has 1 fully saturated rings. The lowest BCUT2D eigenvalue weighted by atomic mass is 10.2. The highest BCUT2D eigenvalue weighted by atomic mass is 32.2. The normalized spacial score (nSPS) is 15.4. The number of benzene rings is 2. The fraction of sp³-hybridized carbons (Fsp3) is 0.238. The molecular formula is C21H21N3O3S2. The molecule has 1 aliphatic heterocycles. The van der Waals surface area contributed by atoms with Crippen molar-refractivity contribution in [1.29, 1.82) is 0 Å². The minimum atomic E-state index is -3.57. The molecule has 1 aromatic heterocycles. The molecule has 29 heavy (non-hydrogen) atoms. The summed E-state index contributed by atoms with van der Waals surface area (Å²) in [4.78, 5) is 19.4. The zero-order chi connectivity index (χ0) is 20.4. The van der Waals surface area contributed by atoms with E-state index in [9.17, 15) is 13.2 Å². The molecule has 1 aliphatic rings. The number of carbonyl (C=O) groups is 1. The number of anilines is 1. The number of aromatic nitrogens is 1. The molecule has 8 heteroatoms. The second-order valence-electron chi connectivity index (χ2n) is 6.84. The molecule has 0 atom stereocenters. The third kappa shape index (κ3) is 4.10. The maximum atomic E-state index is 12.9. The fourth-order valence-corrected chi connectivity index (χ4v) is 5.67. The van der Waals surface area contributed by atoms with Gasteiger partial charge in [-0.05, 0) is 24.6 Å². The number of Topliss-reactive ketones (excluding diaryl/α,β-unsaturated/α-hetero) is 1. The largest absolute Gasteiger partial charge is 0.345 e. The summed E-state index contributed by atoms with van der Waals surface area (Å²) >= 11 is 1.62. The maximum Gasteiger partial charge on any atom is 0.243 e. The number of hydrogen-bond donors (Lipinski definition) is 0. The number of ketones is 1. The van der Waals surface area contributed by atoms with Gasteiger partial charge in [0.1, 0.15) is 0 Å². The quantitative estimate of drug-likeness (QED) is 0.583. The van der Waals surface area contributed by atoms with Crippen LogP contribution in [0, 0.1) is 0 Å². The molecule has 0 saturated carbocycles. The van der Waals surface area contributed by atoms with Gasteiger partial charge in [0.2, 0.25) is 10.0 Å². The molecule has 0 N–H and O–H groups in total. The Morgan fingerprint density at radius 1 is 0.966 bits per heavy atom. The van der Waals surface area contributed by atoms with Crippen LogP contribution >= 0.6 is 11.3 Å². The van der Waals surface area contributed by atoms with Crippen molar-refractivity contribution < 1.29 is 13.2 Å². The van der Waals surface area contributed by atoms with Gasteiger partial charge in [0.05, 0.1) is 9.77 Å². The summed E-state index contributed by atoms with van der Waals surface area (Å²) in [7, 11) is -3.57. The highest BCUT2D eigenvalue weighted by Crippen LogP contribution is 2.31. The number of rotatable bonds is 5. The number of carbonyl (C=O) groups excluding carboxylic acids is 1. The van der Waals surface area contributed by atoms with Crippen molar-refractivity contribution in [2.75, 3.05) is 31.1 Å².